The number of aromatic amines is 2. The number of nitrogens with zero attached hydrogens (tertiary/aromatic N) is 5. The fourth-order valence-electron chi connectivity index (χ4n) is 3.87. The zero-order valence-corrected chi connectivity index (χ0v) is 18.1. The van der Waals surface area contributed by atoms with Crippen molar-refractivity contribution in [1.82, 2.24) is 34.7 Å². The molecule has 0 atom stereocenters. The number of fused-ring (bicyclic) bond motifs is 2. The highest BCUT2D eigenvalue weighted by Crippen LogP contribution is 2.34. The molecule has 0 aliphatic heterocycles. The van der Waals surface area contributed by atoms with E-state index in [1.807, 2.05) is 42.9 Å². The number of nitrogens with one attached hydrogen (secondary N) is 2. The van der Waals surface area contributed by atoms with Crippen LogP contribution in [0.2, 0.25) is 0 Å². The average Bonchev–Trinajstić information content (AvgIpc) is 3.54. The van der Waals surface area contributed by atoms with Gasteiger partial charge in [-0.1, -0.05) is 12.1 Å². The lowest BCUT2D eigenvalue weighted by Gasteiger charge is -2.03. The second-order valence-electron chi connectivity index (χ2n) is 7.61. The lowest BCUT2D eigenvalue weighted by molar-refractivity contribution is 0.862. The number of thiophene rings is 1. The fraction of sp³-hybridized carbons (Fsp3) is 0.130. The molecule has 0 saturated carbocycles. The highest BCUT2D eigenvalue weighted by Gasteiger charge is 2.18. The summed E-state index contributed by atoms with van der Waals surface area (Å²) in [6.07, 6.45) is 1.85. The van der Waals surface area contributed by atoms with Crippen molar-refractivity contribution < 1.29 is 0 Å². The lowest BCUT2D eigenvalue weighted by Crippen LogP contribution is -1.96. The lowest BCUT2D eigenvalue weighted by atomic mass is 10.1. The number of para-hydroxylation sites is 1. The zero-order valence-electron chi connectivity index (χ0n) is 17.3. The molecule has 6 aromatic rings. The van der Waals surface area contributed by atoms with Crippen LogP contribution in [-0.2, 0) is 7.05 Å². The predicted octanol–water partition coefficient (Wildman–Crippen LogP) is 5.25. The molecule has 2 N–H and O–H groups in total. The predicted molar refractivity (Wildman–Crippen MR) is 124 cm³/mol. The zero-order chi connectivity index (χ0) is 21.1. The van der Waals surface area contributed by atoms with Gasteiger partial charge in [-0.2, -0.15) is 5.10 Å². The van der Waals surface area contributed by atoms with Gasteiger partial charge in [0.1, 0.15) is 11.3 Å². The summed E-state index contributed by atoms with van der Waals surface area (Å²) >= 11 is 1.77. The Hall–Kier alpha value is -3.78. The molecule has 0 saturated heterocycles. The van der Waals surface area contributed by atoms with E-state index in [2.05, 4.69) is 51.4 Å². The number of benzene rings is 1. The molecule has 0 bridgehead atoms. The summed E-state index contributed by atoms with van der Waals surface area (Å²) in [5, 5.41) is 7.61. The van der Waals surface area contributed by atoms with Gasteiger partial charge < -0.3 is 9.55 Å². The van der Waals surface area contributed by atoms with Crippen LogP contribution < -0.4 is 0 Å². The normalized spacial score (nSPS) is 11.7. The number of aromatic nitrogens is 7. The van der Waals surface area contributed by atoms with E-state index in [-0.39, 0.29) is 0 Å². The summed E-state index contributed by atoms with van der Waals surface area (Å²) in [5.74, 6) is 1.64. The highest BCUT2D eigenvalue weighted by atomic mass is 32.1. The van der Waals surface area contributed by atoms with Gasteiger partial charge >= 0.3 is 0 Å². The molecule has 0 radical (unpaired) electrons. The van der Waals surface area contributed by atoms with E-state index < -0.39 is 0 Å². The fourth-order valence-corrected chi connectivity index (χ4v) is 4.76. The summed E-state index contributed by atoms with van der Waals surface area (Å²) in [6, 6.07) is 14.5. The molecule has 6 rings (SSSR count). The topological polar surface area (TPSA) is 88.1 Å². The number of pyridine rings is 1. The molecule has 0 fully saturated rings. The molecule has 5 aromatic heterocycles. The van der Waals surface area contributed by atoms with Gasteiger partial charge in [-0.25, -0.2) is 15.0 Å². The molecule has 1 aromatic carbocycles. The third kappa shape index (κ3) is 2.79. The molecule has 31 heavy (non-hydrogen) atoms. The second kappa shape index (κ2) is 6.61. The van der Waals surface area contributed by atoms with Crippen LogP contribution in [0.1, 0.15) is 10.7 Å². The van der Waals surface area contributed by atoms with Crippen molar-refractivity contribution >= 4 is 33.4 Å². The molecule has 152 valence electrons. The molecule has 0 spiro atoms. The van der Waals surface area contributed by atoms with Crippen LogP contribution in [0.25, 0.3) is 55.4 Å². The Morgan fingerprint density at radius 1 is 0.935 bits per heavy atom. The van der Waals surface area contributed by atoms with Gasteiger partial charge in [0.25, 0.3) is 0 Å². The van der Waals surface area contributed by atoms with Crippen LogP contribution in [0.15, 0.2) is 48.7 Å². The first-order valence-electron chi connectivity index (χ1n) is 9.98. The van der Waals surface area contributed by atoms with E-state index in [4.69, 9.17) is 9.97 Å². The Labute approximate surface area is 181 Å². The van der Waals surface area contributed by atoms with Crippen molar-refractivity contribution in [2.24, 2.45) is 7.05 Å². The van der Waals surface area contributed by atoms with Gasteiger partial charge in [-0.05, 0) is 44.2 Å². The number of H-pyrrole nitrogens is 2. The van der Waals surface area contributed by atoms with Gasteiger partial charge in [0, 0.05) is 22.4 Å². The van der Waals surface area contributed by atoms with Gasteiger partial charge in [0.05, 0.1) is 34.1 Å². The molecule has 0 unspecified atom stereocenters. The van der Waals surface area contributed by atoms with Gasteiger partial charge in [-0.15, -0.1) is 11.3 Å². The molecule has 8 heteroatoms. The van der Waals surface area contributed by atoms with E-state index in [0.717, 1.165) is 44.8 Å². The Kier molecular flexibility index (Phi) is 3.85. The number of imidazole rings is 2. The summed E-state index contributed by atoms with van der Waals surface area (Å²) in [6.45, 7) is 4.10. The summed E-state index contributed by atoms with van der Waals surface area (Å²) in [4.78, 5) is 20.1. The van der Waals surface area contributed by atoms with Crippen LogP contribution in [-0.4, -0.2) is 34.7 Å². The first kappa shape index (κ1) is 18.0. The van der Waals surface area contributed by atoms with Crippen molar-refractivity contribution in [1.29, 1.82) is 0 Å². The van der Waals surface area contributed by atoms with Gasteiger partial charge in [0.2, 0.25) is 0 Å². The number of hydrogen-bond donors (Lipinski definition) is 2. The van der Waals surface area contributed by atoms with Crippen LogP contribution in [0, 0.1) is 13.8 Å². The maximum Gasteiger partial charge on any atom is 0.161 e. The SMILES string of the molecule is Cc1ccc(-c2cccc3[nH]c(-c4n[nH]c5ccc(-c6cnc(C)n6C)nc45)nc23)s1. The first-order chi connectivity index (χ1) is 15.1. The van der Waals surface area contributed by atoms with Crippen molar-refractivity contribution in [3.63, 3.8) is 0 Å². The third-order valence-electron chi connectivity index (χ3n) is 5.63. The van der Waals surface area contributed by atoms with Gasteiger partial charge in [0.15, 0.2) is 11.5 Å². The Morgan fingerprint density at radius 3 is 2.61 bits per heavy atom. The van der Waals surface area contributed by atoms with Crippen molar-refractivity contribution in [3.05, 3.63) is 59.4 Å². The van der Waals surface area contributed by atoms with Crippen LogP contribution >= 0.6 is 11.3 Å². The Morgan fingerprint density at radius 2 is 1.84 bits per heavy atom. The summed E-state index contributed by atoms with van der Waals surface area (Å²) in [7, 11) is 1.99. The largest absolute Gasteiger partial charge is 0.336 e. The number of rotatable bonds is 3. The average molecular weight is 426 g/mol. The summed E-state index contributed by atoms with van der Waals surface area (Å²) < 4.78 is 2.03. The minimum absolute atomic E-state index is 0.702. The third-order valence-corrected chi connectivity index (χ3v) is 6.67. The van der Waals surface area contributed by atoms with E-state index >= 15 is 0 Å². The maximum atomic E-state index is 4.93. The monoisotopic (exact) mass is 425 g/mol. The van der Waals surface area contributed by atoms with Crippen LogP contribution in [0.4, 0.5) is 0 Å². The Balaban J connectivity index is 1.52. The van der Waals surface area contributed by atoms with Crippen molar-refractivity contribution in [2.45, 2.75) is 13.8 Å². The molecule has 7 nitrogen and oxygen atoms in total. The van der Waals surface area contributed by atoms with E-state index in [1.54, 1.807) is 11.3 Å². The molecule has 0 aliphatic rings. The van der Waals surface area contributed by atoms with Crippen molar-refractivity contribution in [3.8, 4) is 33.3 Å². The van der Waals surface area contributed by atoms with E-state index in [9.17, 15) is 0 Å². The quantitative estimate of drug-likeness (QED) is 0.405. The number of hydrogen-bond acceptors (Lipinski definition) is 5. The van der Waals surface area contributed by atoms with Crippen LogP contribution in [0.3, 0.4) is 0 Å². The standard InChI is InChI=1S/C23H19N7S/c1-12-7-10-19(31-12)14-5-4-6-16-20(14)27-23(26-16)22-21-17(28-29-22)9-8-15(25-21)18-11-24-13(2)30(18)3/h4-11H,1-3H3,(H,26,27)(H,28,29). The summed E-state index contributed by atoms with van der Waals surface area (Å²) in [5.41, 5.74) is 7.21. The highest BCUT2D eigenvalue weighted by molar-refractivity contribution is 7.15. The Bertz CT molecular complexity index is 1580. The smallest absolute Gasteiger partial charge is 0.161 e. The minimum Gasteiger partial charge on any atom is -0.336 e. The minimum atomic E-state index is 0.702. The molecule has 0 amide bonds. The van der Waals surface area contributed by atoms with E-state index in [1.165, 1.54) is 9.75 Å². The van der Waals surface area contributed by atoms with Crippen LogP contribution in [0.5, 0.6) is 0 Å². The molecular formula is C23H19N7S. The van der Waals surface area contributed by atoms with Crippen molar-refractivity contribution in [2.75, 3.05) is 0 Å². The van der Waals surface area contributed by atoms with Gasteiger partial charge in [-0.3, -0.25) is 5.10 Å². The second-order valence-corrected chi connectivity index (χ2v) is 8.90. The number of aryl methyl sites for hydroxylation is 2. The van der Waals surface area contributed by atoms with E-state index in [0.29, 0.717) is 11.5 Å². The first-order valence-corrected chi connectivity index (χ1v) is 10.8. The molecular weight excluding hydrogens is 406 g/mol. The molecule has 0 aliphatic carbocycles. The maximum absolute atomic E-state index is 4.93. The molecule has 5 heterocycles.